The molecule has 0 aliphatic carbocycles. The molecule has 1 rings (SSSR count). The molecule has 0 aliphatic heterocycles. The third-order valence-electron chi connectivity index (χ3n) is 2.45. The number of nitrogens with one attached hydrogen (secondary N) is 1. The van der Waals surface area contributed by atoms with E-state index in [1.807, 2.05) is 0 Å². The van der Waals surface area contributed by atoms with Crippen molar-refractivity contribution in [1.82, 2.24) is 4.98 Å². The lowest BCUT2D eigenvalue weighted by molar-refractivity contribution is 0.0520. The topological polar surface area (TPSA) is 60.5 Å². The molecule has 1 aromatic heterocycles. The Morgan fingerprint density at radius 1 is 1.56 bits per heavy atom. The molecule has 1 heterocycles. The molecule has 0 saturated carbocycles. The summed E-state index contributed by atoms with van der Waals surface area (Å²) < 4.78 is 10.0. The van der Waals surface area contributed by atoms with Crippen LogP contribution in [-0.4, -0.2) is 37.3 Å². The smallest absolute Gasteiger partial charge is 0.357 e. The molecule has 18 heavy (non-hydrogen) atoms. The molecule has 102 valence electrons. The molecule has 1 atom stereocenters. The van der Waals surface area contributed by atoms with Crippen molar-refractivity contribution in [2.75, 3.05) is 25.6 Å². The molecule has 1 N–H and O–H groups in total. The Labute approximate surface area is 112 Å². The molecule has 1 unspecified atom stereocenters. The van der Waals surface area contributed by atoms with Gasteiger partial charge in [0.25, 0.3) is 0 Å². The quantitative estimate of drug-likeness (QED) is 0.772. The summed E-state index contributed by atoms with van der Waals surface area (Å²) in [4.78, 5) is 15.7. The third kappa shape index (κ3) is 4.27. The summed E-state index contributed by atoms with van der Waals surface area (Å²) in [6, 6.07) is 0.177. The zero-order chi connectivity index (χ0) is 13.5. The van der Waals surface area contributed by atoms with E-state index in [1.165, 1.54) is 11.3 Å². The van der Waals surface area contributed by atoms with Crippen LogP contribution in [0.5, 0.6) is 0 Å². The van der Waals surface area contributed by atoms with Crippen molar-refractivity contribution in [3.8, 4) is 0 Å². The number of hydrogen-bond donors (Lipinski definition) is 1. The van der Waals surface area contributed by atoms with Crippen molar-refractivity contribution in [2.45, 2.75) is 26.8 Å². The molecule has 0 spiro atoms. The molecule has 0 radical (unpaired) electrons. The fourth-order valence-electron chi connectivity index (χ4n) is 1.38. The Morgan fingerprint density at radius 2 is 2.28 bits per heavy atom. The van der Waals surface area contributed by atoms with Gasteiger partial charge in [-0.3, -0.25) is 0 Å². The maximum Gasteiger partial charge on any atom is 0.357 e. The summed E-state index contributed by atoms with van der Waals surface area (Å²) in [6.45, 7) is 6.95. The van der Waals surface area contributed by atoms with Gasteiger partial charge in [-0.2, -0.15) is 0 Å². The number of hydrogen-bond acceptors (Lipinski definition) is 6. The number of carbonyl (C=O) groups excluding carboxylic acids is 1. The second-order valence-electron chi connectivity index (χ2n) is 4.21. The Bertz CT molecular complexity index is 379. The molecule has 1 aromatic rings. The van der Waals surface area contributed by atoms with E-state index in [2.05, 4.69) is 24.1 Å². The van der Waals surface area contributed by atoms with Gasteiger partial charge in [-0.05, 0) is 12.8 Å². The fourth-order valence-corrected chi connectivity index (χ4v) is 2.12. The highest BCUT2D eigenvalue weighted by Crippen LogP contribution is 2.19. The summed E-state index contributed by atoms with van der Waals surface area (Å²) in [5.74, 6) is 0.0366. The van der Waals surface area contributed by atoms with E-state index in [0.29, 0.717) is 30.0 Å². The van der Waals surface area contributed by atoms with Crippen LogP contribution in [-0.2, 0) is 9.47 Å². The lowest BCUT2D eigenvalue weighted by Crippen LogP contribution is -2.30. The van der Waals surface area contributed by atoms with Gasteiger partial charge < -0.3 is 14.8 Å². The monoisotopic (exact) mass is 272 g/mol. The van der Waals surface area contributed by atoms with Gasteiger partial charge in [-0.25, -0.2) is 9.78 Å². The van der Waals surface area contributed by atoms with Crippen LogP contribution in [0.15, 0.2) is 5.38 Å². The van der Waals surface area contributed by atoms with E-state index >= 15 is 0 Å². The Balaban J connectivity index is 2.64. The van der Waals surface area contributed by atoms with Gasteiger partial charge in [-0.15, -0.1) is 11.3 Å². The normalized spacial score (nSPS) is 12.5. The minimum Gasteiger partial charge on any atom is -0.461 e. The maximum atomic E-state index is 11.5. The van der Waals surface area contributed by atoms with Gasteiger partial charge in [0.05, 0.1) is 19.3 Å². The first-order valence-electron chi connectivity index (χ1n) is 5.96. The summed E-state index contributed by atoms with van der Waals surface area (Å²) in [5, 5.41) is 5.69. The molecule has 0 aromatic carbocycles. The summed E-state index contributed by atoms with van der Waals surface area (Å²) in [7, 11) is 1.67. The number of carbonyl (C=O) groups is 1. The first-order valence-corrected chi connectivity index (χ1v) is 6.84. The van der Waals surface area contributed by atoms with Crippen LogP contribution in [0.1, 0.15) is 31.3 Å². The van der Waals surface area contributed by atoms with Crippen molar-refractivity contribution in [2.24, 2.45) is 5.92 Å². The summed E-state index contributed by atoms with van der Waals surface area (Å²) in [6.07, 6.45) is 0. The van der Waals surface area contributed by atoms with Crippen LogP contribution >= 0.6 is 11.3 Å². The number of esters is 1. The van der Waals surface area contributed by atoms with Crippen molar-refractivity contribution in [3.63, 3.8) is 0 Å². The SMILES string of the molecule is CCOC(=O)c1csc(NC(COC)C(C)C)n1. The average Bonchev–Trinajstić information content (AvgIpc) is 2.77. The number of nitrogens with zero attached hydrogens (tertiary/aromatic N) is 1. The molecule has 0 aliphatic rings. The lowest BCUT2D eigenvalue weighted by Gasteiger charge is -2.20. The van der Waals surface area contributed by atoms with Gasteiger partial charge in [-0.1, -0.05) is 13.8 Å². The zero-order valence-corrected chi connectivity index (χ0v) is 12.0. The molecular formula is C12H20N2O3S. The number of aromatic nitrogens is 1. The van der Waals surface area contributed by atoms with E-state index < -0.39 is 0 Å². The standard InChI is InChI=1S/C12H20N2O3S/c1-5-17-11(15)10-7-18-12(14-10)13-9(6-16-4)8(2)3/h7-9H,5-6H2,1-4H3,(H,13,14). The number of anilines is 1. The van der Waals surface area contributed by atoms with E-state index in [1.54, 1.807) is 19.4 Å². The first-order chi connectivity index (χ1) is 8.58. The highest BCUT2D eigenvalue weighted by Gasteiger charge is 2.16. The molecule has 6 heteroatoms. The van der Waals surface area contributed by atoms with Gasteiger partial charge in [0.1, 0.15) is 0 Å². The lowest BCUT2D eigenvalue weighted by atomic mass is 10.1. The van der Waals surface area contributed by atoms with Gasteiger partial charge in [0.2, 0.25) is 0 Å². The largest absolute Gasteiger partial charge is 0.461 e. The number of rotatable bonds is 7. The molecule has 0 amide bonds. The fraction of sp³-hybridized carbons (Fsp3) is 0.667. The molecule has 0 bridgehead atoms. The number of ether oxygens (including phenoxy) is 2. The van der Waals surface area contributed by atoms with Gasteiger partial charge >= 0.3 is 5.97 Å². The zero-order valence-electron chi connectivity index (χ0n) is 11.2. The van der Waals surface area contributed by atoms with E-state index in [4.69, 9.17) is 9.47 Å². The van der Waals surface area contributed by atoms with Gasteiger partial charge in [0, 0.05) is 12.5 Å². The average molecular weight is 272 g/mol. The van der Waals surface area contributed by atoms with Crippen molar-refractivity contribution in [1.29, 1.82) is 0 Å². The highest BCUT2D eigenvalue weighted by atomic mass is 32.1. The summed E-state index contributed by atoms with van der Waals surface area (Å²) >= 11 is 1.40. The van der Waals surface area contributed by atoms with Crippen LogP contribution in [0.4, 0.5) is 5.13 Å². The molecule has 0 saturated heterocycles. The van der Waals surface area contributed by atoms with Crippen molar-refractivity contribution < 1.29 is 14.3 Å². The van der Waals surface area contributed by atoms with E-state index in [-0.39, 0.29) is 12.0 Å². The van der Waals surface area contributed by atoms with E-state index in [9.17, 15) is 4.79 Å². The first kappa shape index (κ1) is 14.9. The van der Waals surface area contributed by atoms with Crippen molar-refractivity contribution in [3.05, 3.63) is 11.1 Å². The van der Waals surface area contributed by atoms with E-state index in [0.717, 1.165) is 0 Å². The van der Waals surface area contributed by atoms with Crippen LogP contribution in [0.3, 0.4) is 0 Å². The van der Waals surface area contributed by atoms with Gasteiger partial charge in [0.15, 0.2) is 10.8 Å². The Hall–Kier alpha value is -1.14. The minimum atomic E-state index is -0.380. The Morgan fingerprint density at radius 3 is 2.83 bits per heavy atom. The predicted molar refractivity (Wildman–Crippen MR) is 72.2 cm³/mol. The maximum absolute atomic E-state index is 11.5. The Kier molecular flexibility index (Phi) is 6.07. The second kappa shape index (κ2) is 7.33. The predicted octanol–water partition coefficient (Wildman–Crippen LogP) is 2.40. The number of methoxy groups -OCH3 is 1. The molecule has 0 fully saturated rings. The van der Waals surface area contributed by atoms with Crippen LogP contribution in [0.25, 0.3) is 0 Å². The highest BCUT2D eigenvalue weighted by molar-refractivity contribution is 7.13. The molecular weight excluding hydrogens is 252 g/mol. The van der Waals surface area contributed by atoms with Crippen LogP contribution in [0, 0.1) is 5.92 Å². The molecule has 5 nitrogen and oxygen atoms in total. The minimum absolute atomic E-state index is 0.177. The van der Waals surface area contributed by atoms with Crippen molar-refractivity contribution >= 4 is 22.4 Å². The summed E-state index contributed by atoms with van der Waals surface area (Å²) in [5.41, 5.74) is 0.351. The van der Waals surface area contributed by atoms with Crippen LogP contribution in [0.2, 0.25) is 0 Å². The number of thiazole rings is 1. The third-order valence-corrected chi connectivity index (χ3v) is 3.22. The van der Waals surface area contributed by atoms with Crippen LogP contribution < -0.4 is 5.32 Å². The second-order valence-corrected chi connectivity index (χ2v) is 5.07.